The van der Waals surface area contributed by atoms with E-state index in [0.29, 0.717) is 17.5 Å². The van der Waals surface area contributed by atoms with Crippen LogP contribution in [-0.2, 0) is 4.79 Å². The Kier molecular flexibility index (Phi) is 4.24. The Morgan fingerprint density at radius 2 is 1.81 bits per heavy atom. The molecule has 6 nitrogen and oxygen atoms in total. The second kappa shape index (κ2) is 6.32. The van der Waals surface area contributed by atoms with E-state index in [9.17, 15) is 9.59 Å². The topological polar surface area (TPSA) is 66.4 Å². The smallest absolute Gasteiger partial charge is 0.256 e. The number of piperidine rings is 1. The van der Waals surface area contributed by atoms with Crippen LogP contribution in [0.2, 0.25) is 0 Å². The molecule has 0 N–H and O–H groups in total. The highest BCUT2D eigenvalue weighted by Gasteiger charge is 2.60. The summed E-state index contributed by atoms with van der Waals surface area (Å²) in [5, 5.41) is 0. The summed E-state index contributed by atoms with van der Waals surface area (Å²) >= 11 is 0. The quantitative estimate of drug-likeness (QED) is 0.831. The van der Waals surface area contributed by atoms with E-state index in [4.69, 9.17) is 0 Å². The molecule has 1 atom stereocenters. The highest BCUT2D eigenvalue weighted by molar-refractivity contribution is 5.93. The molecule has 2 heterocycles. The predicted octanol–water partition coefficient (Wildman–Crippen LogP) is 2.46. The van der Waals surface area contributed by atoms with Crippen molar-refractivity contribution in [3.63, 3.8) is 0 Å². The van der Waals surface area contributed by atoms with E-state index < -0.39 is 0 Å². The standard InChI is InChI=1S/C20H28N4O2/c1-13(2)17-21-11-14(12-22-17)18(25)24-8-6-20(7-9-24)10-16(20)19(26)23(3)15-4-5-15/h11-13,15-16H,4-10H2,1-3H3. The van der Waals surface area contributed by atoms with Crippen molar-refractivity contribution in [1.82, 2.24) is 19.8 Å². The summed E-state index contributed by atoms with van der Waals surface area (Å²) in [4.78, 5) is 37.8. The summed E-state index contributed by atoms with van der Waals surface area (Å²) in [5.74, 6) is 1.53. The van der Waals surface area contributed by atoms with Crippen molar-refractivity contribution >= 4 is 11.8 Å². The number of hydrogen-bond acceptors (Lipinski definition) is 4. The Morgan fingerprint density at radius 1 is 1.19 bits per heavy atom. The van der Waals surface area contributed by atoms with Crippen molar-refractivity contribution in [3.8, 4) is 0 Å². The van der Waals surface area contributed by atoms with Crippen LogP contribution < -0.4 is 0 Å². The third-order valence-electron chi connectivity index (χ3n) is 6.41. The van der Waals surface area contributed by atoms with Crippen molar-refractivity contribution < 1.29 is 9.59 Å². The summed E-state index contributed by atoms with van der Waals surface area (Å²) in [6.07, 6.45) is 8.45. The van der Waals surface area contributed by atoms with Crippen LogP contribution in [0.1, 0.15) is 68.1 Å². The fraction of sp³-hybridized carbons (Fsp3) is 0.700. The molecule has 4 rings (SSSR count). The van der Waals surface area contributed by atoms with E-state index in [1.54, 1.807) is 12.4 Å². The van der Waals surface area contributed by atoms with Crippen LogP contribution in [0.4, 0.5) is 0 Å². The maximum Gasteiger partial charge on any atom is 0.256 e. The van der Waals surface area contributed by atoms with Crippen molar-refractivity contribution in [1.29, 1.82) is 0 Å². The molecule has 1 aromatic rings. The minimum Gasteiger partial charge on any atom is -0.343 e. The number of likely N-dealkylation sites (tertiary alicyclic amines) is 1. The number of amides is 2. The number of carbonyl (C=O) groups excluding carboxylic acids is 2. The van der Waals surface area contributed by atoms with Crippen LogP contribution in [0.5, 0.6) is 0 Å². The lowest BCUT2D eigenvalue weighted by Gasteiger charge is -2.33. The first kappa shape index (κ1) is 17.4. The highest BCUT2D eigenvalue weighted by atomic mass is 16.2. The first-order valence-electron chi connectivity index (χ1n) is 9.79. The molecule has 1 saturated heterocycles. The third-order valence-corrected chi connectivity index (χ3v) is 6.41. The second-order valence-corrected chi connectivity index (χ2v) is 8.58. The predicted molar refractivity (Wildman–Crippen MR) is 97.6 cm³/mol. The van der Waals surface area contributed by atoms with Gasteiger partial charge in [0.2, 0.25) is 5.91 Å². The molecule has 1 aromatic heterocycles. The average Bonchev–Trinajstić information content (AvgIpc) is 3.57. The van der Waals surface area contributed by atoms with Gasteiger partial charge in [-0.15, -0.1) is 0 Å². The fourth-order valence-corrected chi connectivity index (χ4v) is 4.22. The Bertz CT molecular complexity index is 703. The van der Waals surface area contributed by atoms with Crippen LogP contribution in [-0.4, -0.2) is 57.8 Å². The van der Waals surface area contributed by atoms with Gasteiger partial charge in [-0.25, -0.2) is 9.97 Å². The molecule has 3 aliphatic rings. The molecule has 0 radical (unpaired) electrons. The SMILES string of the molecule is CC(C)c1ncc(C(=O)N2CCC3(CC2)CC3C(=O)N(C)C2CC2)cn1. The van der Waals surface area contributed by atoms with Crippen molar-refractivity contribution in [2.45, 2.75) is 57.9 Å². The van der Waals surface area contributed by atoms with Crippen molar-refractivity contribution in [2.24, 2.45) is 11.3 Å². The average molecular weight is 356 g/mol. The number of aromatic nitrogens is 2. The molecule has 2 aliphatic carbocycles. The zero-order valence-corrected chi connectivity index (χ0v) is 15.9. The van der Waals surface area contributed by atoms with Crippen LogP contribution >= 0.6 is 0 Å². The first-order chi connectivity index (χ1) is 12.4. The molecule has 2 amide bonds. The minimum atomic E-state index is 0.00813. The van der Waals surface area contributed by atoms with E-state index in [1.165, 1.54) is 0 Å². The largest absolute Gasteiger partial charge is 0.343 e. The van der Waals surface area contributed by atoms with Gasteiger partial charge in [-0.05, 0) is 37.5 Å². The van der Waals surface area contributed by atoms with Gasteiger partial charge < -0.3 is 9.80 Å². The van der Waals surface area contributed by atoms with Gasteiger partial charge in [-0.2, -0.15) is 0 Å². The first-order valence-corrected chi connectivity index (χ1v) is 9.79. The molecule has 3 fully saturated rings. The maximum atomic E-state index is 12.7. The summed E-state index contributed by atoms with van der Waals surface area (Å²) < 4.78 is 0. The molecular formula is C20H28N4O2. The summed E-state index contributed by atoms with van der Waals surface area (Å²) in [5.41, 5.74) is 0.705. The van der Waals surface area contributed by atoms with E-state index in [2.05, 4.69) is 9.97 Å². The van der Waals surface area contributed by atoms with Gasteiger partial charge in [0.1, 0.15) is 5.82 Å². The lowest BCUT2D eigenvalue weighted by Crippen LogP contribution is -2.41. The number of hydrogen-bond donors (Lipinski definition) is 0. The fourth-order valence-electron chi connectivity index (χ4n) is 4.22. The van der Waals surface area contributed by atoms with E-state index in [-0.39, 0.29) is 23.2 Å². The highest BCUT2D eigenvalue weighted by Crippen LogP contribution is 2.60. The van der Waals surface area contributed by atoms with Gasteiger partial charge in [0.05, 0.1) is 5.56 Å². The number of rotatable bonds is 4. The summed E-state index contributed by atoms with van der Waals surface area (Å²) in [6.45, 7) is 5.52. The minimum absolute atomic E-state index is 0.00813. The Balaban J connectivity index is 1.33. The molecule has 1 unspecified atom stereocenters. The zero-order valence-electron chi connectivity index (χ0n) is 15.9. The molecule has 2 saturated carbocycles. The summed E-state index contributed by atoms with van der Waals surface area (Å²) in [7, 11) is 1.95. The second-order valence-electron chi connectivity index (χ2n) is 8.58. The van der Waals surface area contributed by atoms with Gasteiger partial charge >= 0.3 is 0 Å². The van der Waals surface area contributed by atoms with Gasteiger partial charge in [0, 0.05) is 50.4 Å². The van der Waals surface area contributed by atoms with Gasteiger partial charge in [-0.1, -0.05) is 13.8 Å². The van der Waals surface area contributed by atoms with Crippen molar-refractivity contribution in [3.05, 3.63) is 23.8 Å². The van der Waals surface area contributed by atoms with Crippen LogP contribution in [0.3, 0.4) is 0 Å². The summed E-state index contributed by atoms with van der Waals surface area (Å²) in [6, 6.07) is 0.482. The molecule has 1 aliphatic heterocycles. The van der Waals surface area contributed by atoms with Gasteiger partial charge in [0.15, 0.2) is 0 Å². The monoisotopic (exact) mass is 356 g/mol. The molecule has 6 heteroatoms. The molecule has 26 heavy (non-hydrogen) atoms. The molecule has 0 aromatic carbocycles. The maximum absolute atomic E-state index is 12.7. The lowest BCUT2D eigenvalue weighted by molar-refractivity contribution is -0.132. The lowest BCUT2D eigenvalue weighted by atomic mass is 9.90. The van der Waals surface area contributed by atoms with Crippen LogP contribution in [0.25, 0.3) is 0 Å². The van der Waals surface area contributed by atoms with Gasteiger partial charge in [-0.3, -0.25) is 9.59 Å². The zero-order chi connectivity index (χ0) is 18.5. The normalized spacial score (nSPS) is 24.0. The van der Waals surface area contributed by atoms with E-state index >= 15 is 0 Å². The number of nitrogens with zero attached hydrogens (tertiary/aromatic N) is 4. The molecule has 1 spiro atoms. The van der Waals surface area contributed by atoms with Crippen LogP contribution in [0.15, 0.2) is 12.4 Å². The van der Waals surface area contributed by atoms with E-state index in [0.717, 1.165) is 51.0 Å². The van der Waals surface area contributed by atoms with Crippen LogP contribution in [0, 0.1) is 11.3 Å². The van der Waals surface area contributed by atoms with Gasteiger partial charge in [0.25, 0.3) is 5.91 Å². The Morgan fingerprint density at radius 3 is 2.35 bits per heavy atom. The molecular weight excluding hydrogens is 328 g/mol. The number of carbonyl (C=O) groups is 2. The van der Waals surface area contributed by atoms with Crippen molar-refractivity contribution in [2.75, 3.05) is 20.1 Å². The Hall–Kier alpha value is -1.98. The molecule has 0 bridgehead atoms. The molecule has 140 valence electrons. The van der Waals surface area contributed by atoms with E-state index in [1.807, 2.05) is 30.7 Å². The third kappa shape index (κ3) is 3.10. The Labute approximate surface area is 155 Å².